The van der Waals surface area contributed by atoms with Gasteiger partial charge in [-0.2, -0.15) is 0 Å². The van der Waals surface area contributed by atoms with Crippen molar-refractivity contribution in [3.63, 3.8) is 0 Å². The van der Waals surface area contributed by atoms with Gasteiger partial charge in [0, 0.05) is 45.7 Å². The van der Waals surface area contributed by atoms with Crippen molar-refractivity contribution in [2.75, 3.05) is 40.3 Å². The lowest BCUT2D eigenvalue weighted by molar-refractivity contribution is -0.134. The van der Waals surface area contributed by atoms with Gasteiger partial charge in [0.1, 0.15) is 6.54 Å². The van der Waals surface area contributed by atoms with Crippen molar-refractivity contribution in [3.05, 3.63) is 12.2 Å². The van der Waals surface area contributed by atoms with E-state index in [2.05, 4.69) is 22.2 Å². The number of likely N-dealkylation sites (N-methyl/N-ethyl adjacent to an activating group) is 1. The van der Waals surface area contributed by atoms with Crippen LogP contribution in [-0.2, 0) is 9.59 Å². The number of nitrogens with one attached hydrogen (secondary N) is 2. The lowest BCUT2D eigenvalue weighted by Gasteiger charge is -2.22. The molecule has 2 amide bonds. The van der Waals surface area contributed by atoms with E-state index in [0.29, 0.717) is 25.0 Å². The maximum Gasteiger partial charge on any atom is 0.243 e. The van der Waals surface area contributed by atoms with Crippen LogP contribution in [0.3, 0.4) is 0 Å². The number of hydrogen-bond acceptors (Lipinski definition) is 3. The first-order chi connectivity index (χ1) is 12.4. The van der Waals surface area contributed by atoms with Crippen molar-refractivity contribution in [2.45, 2.75) is 45.1 Å². The van der Waals surface area contributed by atoms with Gasteiger partial charge in [0.05, 0.1) is 0 Å². The minimum Gasteiger partial charge on any atom is -0.353 e. The molecule has 1 saturated heterocycles. The summed E-state index contributed by atoms with van der Waals surface area (Å²) in [6.07, 6.45) is 5.31. The fraction of sp³-hybridized carbons (Fsp3) is 0.737. The summed E-state index contributed by atoms with van der Waals surface area (Å²) in [6, 6.07) is 0.159. The smallest absolute Gasteiger partial charge is 0.243 e. The zero-order valence-electron chi connectivity index (χ0n) is 16.8. The zero-order chi connectivity index (χ0) is 19.1. The van der Waals surface area contributed by atoms with E-state index >= 15 is 0 Å². The standard InChI is InChI=1S/C19H33N5O2.HI/c1-14(2)11-20-19(21-12-17(25)23(3)4)22-16-9-10-24(13-16)18(26)15-7-5-6-8-15;/h15-16H,1,5-13H2,2-4H3,(H2,20,21,22);1H. The third-order valence-corrected chi connectivity index (χ3v) is 4.97. The Morgan fingerprint density at radius 1 is 1.22 bits per heavy atom. The van der Waals surface area contributed by atoms with Gasteiger partial charge in [-0.3, -0.25) is 9.59 Å². The van der Waals surface area contributed by atoms with E-state index in [4.69, 9.17) is 0 Å². The van der Waals surface area contributed by atoms with Crippen LogP contribution < -0.4 is 10.6 Å². The number of carbonyl (C=O) groups excluding carboxylic acids is 2. The van der Waals surface area contributed by atoms with E-state index in [1.807, 2.05) is 11.8 Å². The number of hydrogen-bond donors (Lipinski definition) is 2. The minimum absolute atomic E-state index is 0. The van der Waals surface area contributed by atoms with Crippen molar-refractivity contribution in [3.8, 4) is 0 Å². The maximum absolute atomic E-state index is 12.6. The van der Waals surface area contributed by atoms with E-state index in [-0.39, 0.29) is 48.4 Å². The molecular formula is C19H34IN5O2. The largest absolute Gasteiger partial charge is 0.353 e. The van der Waals surface area contributed by atoms with Crippen LogP contribution in [-0.4, -0.2) is 73.9 Å². The first-order valence-electron chi connectivity index (χ1n) is 9.55. The van der Waals surface area contributed by atoms with Crippen molar-refractivity contribution >= 4 is 41.8 Å². The molecule has 2 fully saturated rings. The third kappa shape index (κ3) is 7.67. The molecule has 8 heteroatoms. The number of guanidine groups is 1. The predicted molar refractivity (Wildman–Crippen MR) is 119 cm³/mol. The number of carbonyl (C=O) groups is 2. The SMILES string of the molecule is C=C(C)CNC(=NCC(=O)N(C)C)NC1CCN(C(=O)C2CCCC2)C1.I. The molecule has 7 nitrogen and oxygen atoms in total. The van der Waals surface area contributed by atoms with Gasteiger partial charge in [0.2, 0.25) is 11.8 Å². The molecule has 1 atom stereocenters. The quantitative estimate of drug-likeness (QED) is 0.256. The molecule has 2 rings (SSSR count). The summed E-state index contributed by atoms with van der Waals surface area (Å²) in [4.78, 5) is 32.3. The number of likely N-dealkylation sites (tertiary alicyclic amines) is 1. The summed E-state index contributed by atoms with van der Waals surface area (Å²) in [5, 5.41) is 6.58. The summed E-state index contributed by atoms with van der Waals surface area (Å²) in [5.41, 5.74) is 0.989. The Hall–Kier alpha value is -1.32. The van der Waals surface area contributed by atoms with Crippen molar-refractivity contribution < 1.29 is 9.59 Å². The van der Waals surface area contributed by atoms with E-state index in [0.717, 1.165) is 31.4 Å². The molecule has 2 N–H and O–H groups in total. The van der Waals surface area contributed by atoms with E-state index in [1.165, 1.54) is 17.7 Å². The normalized spacial score (nSPS) is 20.2. The first kappa shape index (κ1) is 23.7. The molecule has 2 aliphatic rings. The van der Waals surface area contributed by atoms with Gasteiger partial charge in [0.25, 0.3) is 0 Å². The number of rotatable bonds is 6. The minimum atomic E-state index is -0.0501. The van der Waals surface area contributed by atoms with Crippen molar-refractivity contribution in [2.24, 2.45) is 10.9 Å². The van der Waals surface area contributed by atoms with E-state index < -0.39 is 0 Å². The fourth-order valence-electron chi connectivity index (χ4n) is 3.38. The lowest BCUT2D eigenvalue weighted by atomic mass is 10.1. The maximum atomic E-state index is 12.6. The van der Waals surface area contributed by atoms with Gasteiger partial charge in [0.15, 0.2) is 5.96 Å². The van der Waals surface area contributed by atoms with Gasteiger partial charge in [-0.25, -0.2) is 4.99 Å². The highest BCUT2D eigenvalue weighted by molar-refractivity contribution is 14.0. The van der Waals surface area contributed by atoms with Crippen LogP contribution in [0.1, 0.15) is 39.0 Å². The highest BCUT2D eigenvalue weighted by atomic mass is 127. The molecule has 0 spiro atoms. The zero-order valence-corrected chi connectivity index (χ0v) is 19.1. The second-order valence-electron chi connectivity index (χ2n) is 7.66. The fourth-order valence-corrected chi connectivity index (χ4v) is 3.38. The van der Waals surface area contributed by atoms with Gasteiger partial charge in [-0.05, 0) is 26.2 Å². The van der Waals surface area contributed by atoms with Crippen LogP contribution >= 0.6 is 24.0 Å². The Balaban J connectivity index is 0.00000364. The average molecular weight is 491 g/mol. The topological polar surface area (TPSA) is 77.0 Å². The molecule has 1 saturated carbocycles. The molecule has 27 heavy (non-hydrogen) atoms. The third-order valence-electron chi connectivity index (χ3n) is 4.97. The highest BCUT2D eigenvalue weighted by Crippen LogP contribution is 2.27. The summed E-state index contributed by atoms with van der Waals surface area (Å²) in [6.45, 7) is 8.00. The van der Waals surface area contributed by atoms with Crippen LogP contribution in [0.5, 0.6) is 0 Å². The summed E-state index contributed by atoms with van der Waals surface area (Å²) >= 11 is 0. The number of nitrogens with zero attached hydrogens (tertiary/aromatic N) is 3. The molecule has 1 heterocycles. The van der Waals surface area contributed by atoms with Crippen LogP contribution in [0, 0.1) is 5.92 Å². The summed E-state index contributed by atoms with van der Waals surface area (Å²) in [7, 11) is 3.44. The number of halogens is 1. The molecule has 0 bridgehead atoms. The van der Waals surface area contributed by atoms with E-state index in [1.54, 1.807) is 14.1 Å². The van der Waals surface area contributed by atoms with E-state index in [9.17, 15) is 9.59 Å². The Morgan fingerprint density at radius 2 is 1.89 bits per heavy atom. The van der Waals surface area contributed by atoms with Crippen molar-refractivity contribution in [1.82, 2.24) is 20.4 Å². The molecule has 0 aromatic heterocycles. The molecule has 1 unspecified atom stereocenters. The average Bonchev–Trinajstić information content (AvgIpc) is 3.27. The Bertz CT molecular complexity index is 558. The second-order valence-corrected chi connectivity index (χ2v) is 7.66. The van der Waals surface area contributed by atoms with Gasteiger partial charge >= 0.3 is 0 Å². The molecule has 0 radical (unpaired) electrons. The van der Waals surface area contributed by atoms with Crippen molar-refractivity contribution in [1.29, 1.82) is 0 Å². The van der Waals surface area contributed by atoms with Gasteiger partial charge < -0.3 is 20.4 Å². The summed E-state index contributed by atoms with van der Waals surface area (Å²) in [5.74, 6) is 1.08. The lowest BCUT2D eigenvalue weighted by Crippen LogP contribution is -2.46. The highest BCUT2D eigenvalue weighted by Gasteiger charge is 2.32. The van der Waals surface area contributed by atoms with Gasteiger partial charge in [-0.1, -0.05) is 25.0 Å². The molecular weight excluding hydrogens is 457 g/mol. The Labute approximate surface area is 180 Å². The Morgan fingerprint density at radius 3 is 2.48 bits per heavy atom. The molecule has 154 valence electrons. The molecule has 1 aliphatic carbocycles. The van der Waals surface area contributed by atoms with Crippen LogP contribution in [0.15, 0.2) is 17.1 Å². The monoisotopic (exact) mass is 491 g/mol. The number of amides is 2. The summed E-state index contributed by atoms with van der Waals surface area (Å²) < 4.78 is 0. The number of aliphatic imine (C=N–C) groups is 1. The molecule has 0 aromatic rings. The van der Waals surface area contributed by atoms with Crippen LogP contribution in [0.2, 0.25) is 0 Å². The molecule has 0 aromatic carbocycles. The van der Waals surface area contributed by atoms with Crippen LogP contribution in [0.4, 0.5) is 0 Å². The first-order valence-corrected chi connectivity index (χ1v) is 9.55. The van der Waals surface area contributed by atoms with Gasteiger partial charge in [-0.15, -0.1) is 24.0 Å². The predicted octanol–water partition coefficient (Wildman–Crippen LogP) is 1.60. The van der Waals surface area contributed by atoms with Crippen LogP contribution in [0.25, 0.3) is 0 Å². The molecule has 1 aliphatic heterocycles. The second kappa shape index (κ2) is 11.5. The Kier molecular flexibility index (Phi) is 10.1.